The van der Waals surface area contributed by atoms with Gasteiger partial charge >= 0.3 is 0 Å². The quantitative estimate of drug-likeness (QED) is 0.884. The molecule has 18 heavy (non-hydrogen) atoms. The van der Waals surface area contributed by atoms with Gasteiger partial charge in [0.15, 0.2) is 0 Å². The number of amides is 1. The van der Waals surface area contributed by atoms with Gasteiger partial charge in [-0.3, -0.25) is 4.79 Å². The zero-order valence-corrected chi connectivity index (χ0v) is 11.0. The molecule has 1 aliphatic heterocycles. The first kappa shape index (κ1) is 13.1. The number of hydrogen-bond acceptors (Lipinski definition) is 2. The zero-order valence-electron chi connectivity index (χ0n) is 11.0. The lowest BCUT2D eigenvalue weighted by atomic mass is 9.89. The van der Waals surface area contributed by atoms with Crippen LogP contribution in [0.4, 0.5) is 0 Å². The molecule has 1 aromatic rings. The van der Waals surface area contributed by atoms with E-state index in [4.69, 9.17) is 5.73 Å². The number of benzene rings is 1. The lowest BCUT2D eigenvalue weighted by molar-refractivity contribution is -0.136. The summed E-state index contributed by atoms with van der Waals surface area (Å²) in [6.45, 7) is 3.47. The van der Waals surface area contributed by atoms with E-state index >= 15 is 0 Å². The largest absolute Gasteiger partial charge is 0.338 e. The number of rotatable bonds is 4. The van der Waals surface area contributed by atoms with Gasteiger partial charge in [-0.1, -0.05) is 37.3 Å². The summed E-state index contributed by atoms with van der Waals surface area (Å²) >= 11 is 0. The number of hydrogen-bond donors (Lipinski definition) is 1. The average molecular weight is 246 g/mol. The number of likely N-dealkylation sites (tertiary alicyclic amines) is 1. The van der Waals surface area contributed by atoms with Crippen LogP contribution < -0.4 is 5.73 Å². The molecule has 1 aliphatic rings. The summed E-state index contributed by atoms with van der Waals surface area (Å²) in [6.07, 6.45) is 2.54. The first-order chi connectivity index (χ1) is 8.76. The second kappa shape index (κ2) is 6.01. The molecule has 0 bridgehead atoms. The summed E-state index contributed by atoms with van der Waals surface area (Å²) in [5.74, 6) is 0.726. The van der Waals surface area contributed by atoms with Crippen molar-refractivity contribution in [2.75, 3.05) is 13.1 Å². The Bertz CT molecular complexity index is 387. The Morgan fingerprint density at radius 1 is 1.39 bits per heavy atom. The van der Waals surface area contributed by atoms with Gasteiger partial charge < -0.3 is 10.6 Å². The van der Waals surface area contributed by atoms with Crippen molar-refractivity contribution in [2.45, 2.75) is 38.1 Å². The topological polar surface area (TPSA) is 46.3 Å². The van der Waals surface area contributed by atoms with Gasteiger partial charge in [-0.15, -0.1) is 0 Å². The normalized spacial score (nSPS) is 22.0. The highest BCUT2D eigenvalue weighted by molar-refractivity contribution is 5.77. The third-order valence-electron chi connectivity index (χ3n) is 3.90. The summed E-state index contributed by atoms with van der Waals surface area (Å²) in [6, 6.07) is 10.7. The van der Waals surface area contributed by atoms with Crippen LogP contribution in [0.1, 0.15) is 37.7 Å². The molecular weight excluding hydrogens is 224 g/mol. The van der Waals surface area contributed by atoms with Gasteiger partial charge in [-0.25, -0.2) is 0 Å². The summed E-state index contributed by atoms with van der Waals surface area (Å²) in [5, 5.41) is 0. The van der Waals surface area contributed by atoms with Gasteiger partial charge in [0.1, 0.15) is 0 Å². The van der Waals surface area contributed by atoms with E-state index in [1.54, 1.807) is 0 Å². The van der Waals surface area contributed by atoms with Crippen LogP contribution in [0.15, 0.2) is 30.3 Å². The lowest BCUT2D eigenvalue weighted by Gasteiger charge is -2.37. The molecule has 1 heterocycles. The van der Waals surface area contributed by atoms with Gasteiger partial charge in [-0.05, 0) is 18.4 Å². The molecule has 1 saturated heterocycles. The summed E-state index contributed by atoms with van der Waals surface area (Å²) in [5.41, 5.74) is 7.10. The van der Waals surface area contributed by atoms with Crippen molar-refractivity contribution >= 4 is 5.91 Å². The smallest absolute Gasteiger partial charge is 0.222 e. The van der Waals surface area contributed by atoms with E-state index in [0.29, 0.717) is 18.9 Å². The number of nitrogens with zero attached hydrogens (tertiary/aromatic N) is 1. The van der Waals surface area contributed by atoms with E-state index in [1.165, 1.54) is 5.56 Å². The minimum Gasteiger partial charge on any atom is -0.338 e. The predicted octanol–water partition coefficient (Wildman–Crippen LogP) is 2.13. The Hall–Kier alpha value is -1.35. The fraction of sp³-hybridized carbons (Fsp3) is 0.533. The molecule has 3 nitrogen and oxygen atoms in total. The van der Waals surface area contributed by atoms with Crippen molar-refractivity contribution in [2.24, 2.45) is 5.73 Å². The fourth-order valence-corrected chi connectivity index (χ4v) is 2.74. The third kappa shape index (κ3) is 2.72. The summed E-state index contributed by atoms with van der Waals surface area (Å²) < 4.78 is 0. The standard InChI is InChI=1S/C15H22N2O/c1-2-14(10-16)17-11-13(8-9-15(17)18)12-6-4-3-5-7-12/h3-7,13-14H,2,8-11,16H2,1H3. The van der Waals surface area contributed by atoms with Crippen LogP contribution >= 0.6 is 0 Å². The molecule has 0 radical (unpaired) electrons. The first-order valence-electron chi connectivity index (χ1n) is 6.80. The van der Waals surface area contributed by atoms with Crippen LogP contribution in [0, 0.1) is 0 Å². The van der Waals surface area contributed by atoms with Crippen molar-refractivity contribution < 1.29 is 4.79 Å². The second-order valence-corrected chi connectivity index (χ2v) is 4.99. The van der Waals surface area contributed by atoms with E-state index in [-0.39, 0.29) is 11.9 Å². The number of carbonyl (C=O) groups is 1. The van der Waals surface area contributed by atoms with Crippen molar-refractivity contribution in [3.05, 3.63) is 35.9 Å². The molecular formula is C15H22N2O. The molecule has 1 aromatic carbocycles. The van der Waals surface area contributed by atoms with Gasteiger partial charge in [0.05, 0.1) is 0 Å². The fourth-order valence-electron chi connectivity index (χ4n) is 2.74. The van der Waals surface area contributed by atoms with Gasteiger partial charge in [0.2, 0.25) is 5.91 Å². The molecule has 0 aromatic heterocycles. The van der Waals surface area contributed by atoms with E-state index in [0.717, 1.165) is 19.4 Å². The number of carbonyl (C=O) groups excluding carboxylic acids is 1. The van der Waals surface area contributed by atoms with E-state index in [9.17, 15) is 4.79 Å². The van der Waals surface area contributed by atoms with E-state index in [2.05, 4.69) is 31.2 Å². The average Bonchev–Trinajstić information content (AvgIpc) is 2.43. The predicted molar refractivity (Wildman–Crippen MR) is 73.3 cm³/mol. The minimum absolute atomic E-state index is 0.198. The van der Waals surface area contributed by atoms with Gasteiger partial charge in [0.25, 0.3) is 0 Å². The van der Waals surface area contributed by atoms with Crippen LogP contribution in [0.3, 0.4) is 0 Å². The summed E-state index contributed by atoms with van der Waals surface area (Å²) in [7, 11) is 0. The molecule has 2 atom stereocenters. The molecule has 3 heteroatoms. The van der Waals surface area contributed by atoms with Crippen LogP contribution in [-0.2, 0) is 4.79 Å². The van der Waals surface area contributed by atoms with Crippen LogP contribution in [0.2, 0.25) is 0 Å². The Balaban J connectivity index is 2.11. The van der Waals surface area contributed by atoms with Crippen LogP contribution in [0.5, 0.6) is 0 Å². The molecule has 0 spiro atoms. The highest BCUT2D eigenvalue weighted by atomic mass is 16.2. The highest BCUT2D eigenvalue weighted by Gasteiger charge is 2.30. The Kier molecular flexibility index (Phi) is 4.37. The molecule has 0 aliphatic carbocycles. The molecule has 98 valence electrons. The van der Waals surface area contributed by atoms with E-state index in [1.807, 2.05) is 11.0 Å². The molecule has 2 N–H and O–H groups in total. The molecule has 2 rings (SSSR count). The molecule has 0 saturated carbocycles. The SMILES string of the molecule is CCC(CN)N1CC(c2ccccc2)CCC1=O. The summed E-state index contributed by atoms with van der Waals surface area (Å²) in [4.78, 5) is 14.0. The van der Waals surface area contributed by atoms with E-state index < -0.39 is 0 Å². The van der Waals surface area contributed by atoms with Crippen LogP contribution in [-0.4, -0.2) is 29.9 Å². The third-order valence-corrected chi connectivity index (χ3v) is 3.90. The van der Waals surface area contributed by atoms with Crippen molar-refractivity contribution in [3.63, 3.8) is 0 Å². The Morgan fingerprint density at radius 3 is 2.72 bits per heavy atom. The molecule has 2 unspecified atom stereocenters. The van der Waals surface area contributed by atoms with Gasteiger partial charge in [-0.2, -0.15) is 0 Å². The number of piperidine rings is 1. The lowest BCUT2D eigenvalue weighted by Crippen LogP contribution is -2.48. The maximum atomic E-state index is 12.0. The van der Waals surface area contributed by atoms with Crippen LogP contribution in [0.25, 0.3) is 0 Å². The highest BCUT2D eigenvalue weighted by Crippen LogP contribution is 2.28. The monoisotopic (exact) mass is 246 g/mol. The molecule has 1 fully saturated rings. The maximum absolute atomic E-state index is 12.0. The van der Waals surface area contributed by atoms with Crippen molar-refractivity contribution in [1.82, 2.24) is 4.90 Å². The minimum atomic E-state index is 0.198. The Labute approximate surface area is 109 Å². The maximum Gasteiger partial charge on any atom is 0.222 e. The first-order valence-corrected chi connectivity index (χ1v) is 6.80. The van der Waals surface area contributed by atoms with Crippen molar-refractivity contribution in [1.29, 1.82) is 0 Å². The Morgan fingerprint density at radius 2 is 2.11 bits per heavy atom. The molecule has 1 amide bonds. The van der Waals surface area contributed by atoms with Gasteiger partial charge in [0, 0.05) is 31.5 Å². The van der Waals surface area contributed by atoms with Crippen molar-refractivity contribution in [3.8, 4) is 0 Å². The zero-order chi connectivity index (χ0) is 13.0. The number of nitrogens with two attached hydrogens (primary N) is 1. The second-order valence-electron chi connectivity index (χ2n) is 4.99.